The molecule has 3 fully saturated rings. The van der Waals surface area contributed by atoms with Crippen LogP contribution in [-0.2, 0) is 4.74 Å². The molecule has 146 valence electrons. The van der Waals surface area contributed by atoms with Crippen LogP contribution < -0.4 is 10.6 Å². The van der Waals surface area contributed by atoms with Gasteiger partial charge < -0.3 is 15.4 Å². The van der Waals surface area contributed by atoms with E-state index in [1.54, 1.807) is 0 Å². The number of nitrogens with zero attached hydrogens (tertiary/aromatic N) is 2. The third-order valence-corrected chi connectivity index (χ3v) is 6.37. The Kier molecular flexibility index (Phi) is 8.75. The first-order chi connectivity index (χ1) is 11.7. The number of ether oxygens (including phenoxy) is 1. The molecule has 3 rings (SSSR count). The first-order valence-corrected chi connectivity index (χ1v) is 10.0. The van der Waals surface area contributed by atoms with Crippen LogP contribution in [0.25, 0.3) is 0 Å². The average molecular weight is 464 g/mol. The lowest BCUT2D eigenvalue weighted by Gasteiger charge is -2.45. The van der Waals surface area contributed by atoms with Crippen molar-refractivity contribution in [3.05, 3.63) is 0 Å². The molecular formula is C19H37IN4O. The summed E-state index contributed by atoms with van der Waals surface area (Å²) in [5, 5.41) is 7.32. The van der Waals surface area contributed by atoms with Gasteiger partial charge in [-0.3, -0.25) is 9.89 Å². The molecule has 2 saturated heterocycles. The van der Waals surface area contributed by atoms with Crippen molar-refractivity contribution in [2.24, 2.45) is 10.9 Å². The summed E-state index contributed by atoms with van der Waals surface area (Å²) < 4.78 is 5.65. The topological polar surface area (TPSA) is 48.9 Å². The molecule has 5 nitrogen and oxygen atoms in total. The molecule has 0 amide bonds. The summed E-state index contributed by atoms with van der Waals surface area (Å²) in [6, 6.07) is 0.588. The van der Waals surface area contributed by atoms with Crippen LogP contribution in [0, 0.1) is 5.92 Å². The highest BCUT2D eigenvalue weighted by molar-refractivity contribution is 14.0. The first kappa shape index (κ1) is 21.2. The van der Waals surface area contributed by atoms with Gasteiger partial charge in [0.25, 0.3) is 0 Å². The molecule has 0 atom stereocenters. The van der Waals surface area contributed by atoms with Gasteiger partial charge in [-0.25, -0.2) is 0 Å². The summed E-state index contributed by atoms with van der Waals surface area (Å²) in [6.45, 7) is 7.63. The lowest BCUT2D eigenvalue weighted by Crippen LogP contribution is -2.59. The average Bonchev–Trinajstić information content (AvgIpc) is 3.16. The second-order valence-electron chi connectivity index (χ2n) is 8.06. The number of rotatable bonds is 4. The van der Waals surface area contributed by atoms with Crippen LogP contribution in [0.1, 0.15) is 58.3 Å². The smallest absolute Gasteiger partial charge is 0.191 e. The third-order valence-electron chi connectivity index (χ3n) is 6.37. The van der Waals surface area contributed by atoms with Gasteiger partial charge in [-0.05, 0) is 70.4 Å². The molecule has 0 aromatic rings. The van der Waals surface area contributed by atoms with Crippen molar-refractivity contribution in [3.8, 4) is 0 Å². The highest BCUT2D eigenvalue weighted by Gasteiger charge is 2.39. The Balaban J connectivity index is 0.00000225. The molecular weight excluding hydrogens is 427 g/mol. The lowest BCUT2D eigenvalue weighted by atomic mass is 9.87. The summed E-state index contributed by atoms with van der Waals surface area (Å²) in [5.74, 6) is 1.87. The van der Waals surface area contributed by atoms with Crippen LogP contribution in [0.2, 0.25) is 0 Å². The first-order valence-electron chi connectivity index (χ1n) is 10.0. The van der Waals surface area contributed by atoms with Crippen LogP contribution >= 0.6 is 24.0 Å². The Bertz CT molecular complexity index is 412. The van der Waals surface area contributed by atoms with E-state index in [4.69, 9.17) is 4.74 Å². The number of guanidine groups is 1. The zero-order valence-electron chi connectivity index (χ0n) is 16.1. The fourth-order valence-electron chi connectivity index (χ4n) is 4.59. The predicted octanol–water partition coefficient (Wildman–Crippen LogP) is 2.99. The summed E-state index contributed by atoms with van der Waals surface area (Å²) in [6.07, 6.45) is 10.2. The summed E-state index contributed by atoms with van der Waals surface area (Å²) in [5.41, 5.74) is 0.257. The molecule has 2 heterocycles. The molecule has 3 aliphatic rings. The van der Waals surface area contributed by atoms with Crippen LogP contribution in [0.4, 0.5) is 0 Å². The van der Waals surface area contributed by atoms with E-state index in [1.807, 2.05) is 7.05 Å². The van der Waals surface area contributed by atoms with Gasteiger partial charge in [0.2, 0.25) is 0 Å². The summed E-state index contributed by atoms with van der Waals surface area (Å²) >= 11 is 0. The highest BCUT2D eigenvalue weighted by atomic mass is 127. The summed E-state index contributed by atoms with van der Waals surface area (Å²) in [4.78, 5) is 7.19. The van der Waals surface area contributed by atoms with Crippen molar-refractivity contribution in [3.63, 3.8) is 0 Å². The molecule has 0 aromatic carbocycles. The second-order valence-corrected chi connectivity index (χ2v) is 8.06. The molecule has 0 radical (unpaired) electrons. The maximum atomic E-state index is 5.65. The van der Waals surface area contributed by atoms with Crippen LogP contribution in [0.5, 0.6) is 0 Å². The van der Waals surface area contributed by atoms with E-state index < -0.39 is 0 Å². The monoisotopic (exact) mass is 464 g/mol. The molecule has 2 N–H and O–H groups in total. The van der Waals surface area contributed by atoms with E-state index in [-0.39, 0.29) is 29.5 Å². The van der Waals surface area contributed by atoms with E-state index in [9.17, 15) is 0 Å². The van der Waals surface area contributed by atoms with Gasteiger partial charge in [0.05, 0.1) is 0 Å². The second kappa shape index (κ2) is 10.3. The number of likely N-dealkylation sites (tertiary alicyclic amines) is 1. The normalized spacial score (nSPS) is 30.6. The minimum Gasteiger partial charge on any atom is -0.381 e. The maximum absolute atomic E-state index is 5.65. The molecule has 1 saturated carbocycles. The largest absolute Gasteiger partial charge is 0.381 e. The molecule has 2 aliphatic heterocycles. The van der Waals surface area contributed by atoms with Crippen molar-refractivity contribution in [2.45, 2.75) is 69.9 Å². The van der Waals surface area contributed by atoms with E-state index >= 15 is 0 Å². The van der Waals surface area contributed by atoms with Crippen molar-refractivity contribution in [1.29, 1.82) is 0 Å². The molecule has 25 heavy (non-hydrogen) atoms. The number of halogens is 1. The van der Waals surface area contributed by atoms with Crippen molar-refractivity contribution < 1.29 is 4.74 Å². The fraction of sp³-hybridized carbons (Fsp3) is 0.947. The fourth-order valence-corrected chi connectivity index (χ4v) is 4.59. The Morgan fingerprint density at radius 2 is 1.76 bits per heavy atom. The molecule has 0 spiro atoms. The third kappa shape index (κ3) is 5.70. The van der Waals surface area contributed by atoms with Gasteiger partial charge in [-0.15, -0.1) is 24.0 Å². The number of hydrogen-bond acceptors (Lipinski definition) is 3. The Morgan fingerprint density at radius 1 is 1.12 bits per heavy atom. The van der Waals surface area contributed by atoms with Crippen LogP contribution in [-0.4, -0.2) is 62.3 Å². The minimum absolute atomic E-state index is 0. The van der Waals surface area contributed by atoms with Gasteiger partial charge in [-0.2, -0.15) is 0 Å². The number of aliphatic imine (C=N–C) groups is 1. The van der Waals surface area contributed by atoms with Crippen molar-refractivity contribution in [2.75, 3.05) is 39.9 Å². The molecule has 0 bridgehead atoms. The van der Waals surface area contributed by atoms with Gasteiger partial charge in [0, 0.05) is 38.4 Å². The maximum Gasteiger partial charge on any atom is 0.191 e. The van der Waals surface area contributed by atoms with Crippen molar-refractivity contribution in [1.82, 2.24) is 15.5 Å². The molecule has 6 heteroatoms. The number of nitrogens with one attached hydrogen (secondary N) is 2. The standard InChI is InChI=1S/C19H36N4O.HI/c1-16-5-7-17(8-6-16)22-18(20-2)21-15-19(9-13-24-14-10-19)23-11-3-4-12-23;/h16-17H,3-15H2,1-2H3,(H2,20,21,22);1H. The Labute approximate surface area is 170 Å². The SMILES string of the molecule is CN=C(NCC1(N2CCCC2)CCOCC1)NC1CCC(C)CC1.I. The number of hydrogen-bond donors (Lipinski definition) is 2. The van der Waals surface area contributed by atoms with E-state index in [2.05, 4.69) is 27.4 Å². The lowest BCUT2D eigenvalue weighted by molar-refractivity contribution is -0.0164. The van der Waals surface area contributed by atoms with E-state index in [0.29, 0.717) is 6.04 Å². The van der Waals surface area contributed by atoms with Gasteiger partial charge in [-0.1, -0.05) is 6.92 Å². The Hall–Kier alpha value is -0.0800. The minimum atomic E-state index is 0. The van der Waals surface area contributed by atoms with Gasteiger partial charge in [0.15, 0.2) is 5.96 Å². The van der Waals surface area contributed by atoms with E-state index in [1.165, 1.54) is 51.6 Å². The van der Waals surface area contributed by atoms with Crippen LogP contribution in [0.15, 0.2) is 4.99 Å². The molecule has 1 aliphatic carbocycles. The zero-order valence-corrected chi connectivity index (χ0v) is 18.4. The molecule has 0 unspecified atom stereocenters. The quantitative estimate of drug-likeness (QED) is 0.382. The van der Waals surface area contributed by atoms with Gasteiger partial charge in [0.1, 0.15) is 0 Å². The molecule has 0 aromatic heterocycles. The predicted molar refractivity (Wildman–Crippen MR) is 115 cm³/mol. The Morgan fingerprint density at radius 3 is 2.36 bits per heavy atom. The summed E-state index contributed by atoms with van der Waals surface area (Å²) in [7, 11) is 1.90. The van der Waals surface area contributed by atoms with Crippen LogP contribution in [0.3, 0.4) is 0 Å². The van der Waals surface area contributed by atoms with Gasteiger partial charge >= 0.3 is 0 Å². The van der Waals surface area contributed by atoms with E-state index in [0.717, 1.165) is 44.5 Å². The zero-order chi connectivity index (χ0) is 16.8. The highest BCUT2D eigenvalue weighted by Crippen LogP contribution is 2.30. The van der Waals surface area contributed by atoms with Crippen molar-refractivity contribution >= 4 is 29.9 Å².